The van der Waals surface area contributed by atoms with E-state index < -0.39 is 17.9 Å². The molecule has 21 heavy (non-hydrogen) atoms. The van der Waals surface area contributed by atoms with Crippen molar-refractivity contribution in [1.29, 1.82) is 0 Å². The SMILES string of the molecule is CCOC(O)(COCCO)OCC.O=C(O)CCC(=O)O. The maximum atomic E-state index is 9.64. The Balaban J connectivity index is 0. The molecule has 0 fully saturated rings. The summed E-state index contributed by atoms with van der Waals surface area (Å²) in [6.45, 7) is 4.12. The summed E-state index contributed by atoms with van der Waals surface area (Å²) in [5.41, 5.74) is 0. The molecule has 0 aliphatic rings. The van der Waals surface area contributed by atoms with Gasteiger partial charge in [0, 0.05) is 13.2 Å². The number of aliphatic hydroxyl groups excluding tert-OH is 1. The average Bonchev–Trinajstić information content (AvgIpc) is 2.38. The van der Waals surface area contributed by atoms with Gasteiger partial charge in [0.05, 0.1) is 26.1 Å². The minimum Gasteiger partial charge on any atom is -0.481 e. The molecule has 0 aliphatic carbocycles. The molecule has 9 nitrogen and oxygen atoms in total. The number of rotatable bonds is 11. The van der Waals surface area contributed by atoms with E-state index in [1.165, 1.54) is 0 Å². The number of aliphatic hydroxyl groups is 2. The summed E-state index contributed by atoms with van der Waals surface area (Å²) in [5.74, 6) is -3.83. The van der Waals surface area contributed by atoms with Gasteiger partial charge in [-0.2, -0.15) is 0 Å². The first-order chi connectivity index (χ1) is 9.81. The number of carboxylic acids is 2. The van der Waals surface area contributed by atoms with Crippen LogP contribution < -0.4 is 0 Å². The lowest BCUT2D eigenvalue weighted by molar-refractivity contribution is -0.373. The molecule has 0 rings (SSSR count). The highest BCUT2D eigenvalue weighted by atomic mass is 16.8. The van der Waals surface area contributed by atoms with Crippen molar-refractivity contribution in [2.24, 2.45) is 0 Å². The van der Waals surface area contributed by atoms with Crippen LogP contribution in [0.2, 0.25) is 0 Å². The molecule has 0 heterocycles. The van der Waals surface area contributed by atoms with E-state index >= 15 is 0 Å². The predicted octanol–water partition coefficient (Wildman–Crippen LogP) is -0.350. The quantitative estimate of drug-likeness (QED) is 0.297. The van der Waals surface area contributed by atoms with Crippen molar-refractivity contribution in [3.05, 3.63) is 0 Å². The van der Waals surface area contributed by atoms with Crippen LogP contribution in [0.4, 0.5) is 0 Å². The number of hydrogen-bond donors (Lipinski definition) is 4. The number of ether oxygens (including phenoxy) is 3. The molecule has 0 aromatic rings. The van der Waals surface area contributed by atoms with E-state index in [2.05, 4.69) is 0 Å². The summed E-state index contributed by atoms with van der Waals surface area (Å²) in [6, 6.07) is 0. The molecule has 0 unspecified atom stereocenters. The van der Waals surface area contributed by atoms with Crippen molar-refractivity contribution in [3.8, 4) is 0 Å². The lowest BCUT2D eigenvalue weighted by Crippen LogP contribution is -2.41. The van der Waals surface area contributed by atoms with Gasteiger partial charge in [-0.05, 0) is 13.8 Å². The Labute approximate surface area is 123 Å². The van der Waals surface area contributed by atoms with Gasteiger partial charge in [0.25, 0.3) is 0 Å². The Morgan fingerprint density at radius 1 is 1.00 bits per heavy atom. The molecule has 0 aromatic heterocycles. The molecule has 0 spiro atoms. The van der Waals surface area contributed by atoms with Gasteiger partial charge in [-0.25, -0.2) is 0 Å². The van der Waals surface area contributed by atoms with E-state index in [1.807, 2.05) is 0 Å². The van der Waals surface area contributed by atoms with Gasteiger partial charge in [-0.3, -0.25) is 9.59 Å². The highest BCUT2D eigenvalue weighted by Crippen LogP contribution is 2.09. The van der Waals surface area contributed by atoms with Crippen LogP contribution >= 0.6 is 0 Å². The summed E-state index contributed by atoms with van der Waals surface area (Å²) >= 11 is 0. The molecule has 4 N–H and O–H groups in total. The molecule has 0 amide bonds. The lowest BCUT2D eigenvalue weighted by atomic mass is 10.3. The maximum absolute atomic E-state index is 9.64. The van der Waals surface area contributed by atoms with E-state index in [1.54, 1.807) is 13.8 Å². The van der Waals surface area contributed by atoms with Crippen molar-refractivity contribution in [3.63, 3.8) is 0 Å². The first-order valence-electron chi connectivity index (χ1n) is 6.43. The molecular formula is C12H24O9. The standard InChI is InChI=1S/C8H18O5.C4H6O4/c1-3-12-8(10,13-4-2)7-11-6-5-9;5-3(6)1-2-4(7)8/h9-10H,3-7H2,1-2H3;1-2H2,(H,5,6)(H,7,8). The van der Waals surface area contributed by atoms with Crippen molar-refractivity contribution in [1.82, 2.24) is 0 Å². The predicted molar refractivity (Wildman–Crippen MR) is 70.6 cm³/mol. The summed E-state index contributed by atoms with van der Waals surface area (Å²) in [7, 11) is 0. The number of carbonyl (C=O) groups is 2. The molecule has 0 aromatic carbocycles. The fourth-order valence-corrected chi connectivity index (χ4v) is 1.06. The molecule has 0 bridgehead atoms. The van der Waals surface area contributed by atoms with Crippen LogP contribution in [-0.2, 0) is 23.8 Å². The second kappa shape index (κ2) is 13.7. The molecule has 9 heteroatoms. The second-order valence-electron chi connectivity index (χ2n) is 3.64. The first-order valence-corrected chi connectivity index (χ1v) is 6.43. The topological polar surface area (TPSA) is 143 Å². The fraction of sp³-hybridized carbons (Fsp3) is 0.833. The largest absolute Gasteiger partial charge is 0.481 e. The minimum absolute atomic E-state index is 0.0890. The third-order valence-electron chi connectivity index (χ3n) is 1.81. The molecule has 0 aliphatic heterocycles. The van der Waals surface area contributed by atoms with Gasteiger partial charge < -0.3 is 34.6 Å². The van der Waals surface area contributed by atoms with Crippen LogP contribution in [0.3, 0.4) is 0 Å². The van der Waals surface area contributed by atoms with E-state index in [9.17, 15) is 14.7 Å². The van der Waals surface area contributed by atoms with E-state index in [0.29, 0.717) is 13.2 Å². The number of carboxylic acid groups (broad SMARTS) is 2. The van der Waals surface area contributed by atoms with E-state index in [0.717, 1.165) is 0 Å². The summed E-state index contributed by atoms with van der Waals surface area (Å²) < 4.78 is 14.8. The zero-order chi connectivity index (χ0) is 16.7. The van der Waals surface area contributed by atoms with Crippen molar-refractivity contribution >= 4 is 11.9 Å². The highest BCUT2D eigenvalue weighted by Gasteiger charge is 2.28. The third-order valence-corrected chi connectivity index (χ3v) is 1.81. The summed E-state index contributed by atoms with van der Waals surface area (Å²) in [4.78, 5) is 19.3. The van der Waals surface area contributed by atoms with Gasteiger partial charge in [-0.1, -0.05) is 0 Å². The molecule has 0 atom stereocenters. The normalized spacial score (nSPS) is 10.7. The van der Waals surface area contributed by atoms with Crippen LogP contribution in [0.1, 0.15) is 26.7 Å². The first kappa shape index (κ1) is 22.0. The average molecular weight is 312 g/mol. The van der Waals surface area contributed by atoms with Crippen molar-refractivity contribution in [2.45, 2.75) is 32.7 Å². The summed E-state index contributed by atoms with van der Waals surface area (Å²) in [5, 5.41) is 33.8. The lowest BCUT2D eigenvalue weighted by Gasteiger charge is -2.26. The Morgan fingerprint density at radius 2 is 1.43 bits per heavy atom. The Kier molecular flexibility index (Phi) is 14.4. The molecule has 0 radical (unpaired) electrons. The van der Waals surface area contributed by atoms with Crippen LogP contribution in [-0.4, -0.2) is 71.4 Å². The summed E-state index contributed by atoms with van der Waals surface area (Å²) in [6.07, 6.45) is -0.593. The van der Waals surface area contributed by atoms with Crippen LogP contribution in [0, 0.1) is 0 Å². The monoisotopic (exact) mass is 312 g/mol. The van der Waals surface area contributed by atoms with Crippen LogP contribution in [0.5, 0.6) is 0 Å². The zero-order valence-corrected chi connectivity index (χ0v) is 12.3. The number of aliphatic carboxylic acids is 2. The van der Waals surface area contributed by atoms with Gasteiger partial charge in [-0.15, -0.1) is 0 Å². The second-order valence-corrected chi connectivity index (χ2v) is 3.64. The van der Waals surface area contributed by atoms with Crippen LogP contribution in [0.15, 0.2) is 0 Å². The van der Waals surface area contributed by atoms with E-state index in [-0.39, 0.29) is 32.7 Å². The molecule has 126 valence electrons. The number of hydrogen-bond acceptors (Lipinski definition) is 7. The van der Waals surface area contributed by atoms with Crippen molar-refractivity contribution < 1.29 is 44.2 Å². The van der Waals surface area contributed by atoms with Crippen molar-refractivity contribution in [2.75, 3.05) is 33.0 Å². The smallest absolute Gasteiger partial charge is 0.305 e. The van der Waals surface area contributed by atoms with Gasteiger partial charge in [0.1, 0.15) is 6.61 Å². The van der Waals surface area contributed by atoms with Crippen LogP contribution in [0.25, 0.3) is 0 Å². The Hall–Kier alpha value is -1.26. The Morgan fingerprint density at radius 3 is 1.71 bits per heavy atom. The maximum Gasteiger partial charge on any atom is 0.305 e. The fourth-order valence-electron chi connectivity index (χ4n) is 1.06. The van der Waals surface area contributed by atoms with Gasteiger partial charge in [0.15, 0.2) is 0 Å². The zero-order valence-electron chi connectivity index (χ0n) is 12.3. The molecule has 0 saturated heterocycles. The Bertz CT molecular complexity index is 260. The molecule has 0 saturated carbocycles. The van der Waals surface area contributed by atoms with Gasteiger partial charge >= 0.3 is 17.9 Å². The third kappa shape index (κ3) is 16.7. The molecular weight excluding hydrogens is 288 g/mol. The van der Waals surface area contributed by atoms with E-state index in [4.69, 9.17) is 29.5 Å². The highest BCUT2D eigenvalue weighted by molar-refractivity contribution is 5.75. The van der Waals surface area contributed by atoms with Gasteiger partial charge in [0.2, 0.25) is 0 Å². The minimum atomic E-state index is -1.68.